The van der Waals surface area contributed by atoms with Crippen LogP contribution in [0.1, 0.15) is 73.1 Å². The van der Waals surface area contributed by atoms with Gasteiger partial charge >= 0.3 is 5.97 Å². The van der Waals surface area contributed by atoms with Crippen LogP contribution in [0.15, 0.2) is 0 Å². The van der Waals surface area contributed by atoms with Crippen LogP contribution in [-0.2, 0) is 9.53 Å². The van der Waals surface area contributed by atoms with Gasteiger partial charge in [-0.1, -0.05) is 6.92 Å². The Morgan fingerprint density at radius 3 is 1.96 bits per heavy atom. The van der Waals surface area contributed by atoms with Gasteiger partial charge < -0.3 is 4.74 Å². The highest BCUT2D eigenvalue weighted by atomic mass is 16.6. The number of carbonyl (C=O) groups is 1. The lowest BCUT2D eigenvalue weighted by Crippen LogP contribution is -2.68. The number of hydrogen-bond donors (Lipinski definition) is 0. The summed E-state index contributed by atoms with van der Waals surface area (Å²) in [5, 5.41) is 0. The van der Waals surface area contributed by atoms with Gasteiger partial charge in [-0.15, -0.1) is 0 Å². The molecule has 7 aliphatic rings. The van der Waals surface area contributed by atoms with Crippen LogP contribution in [0.2, 0.25) is 0 Å². The summed E-state index contributed by atoms with van der Waals surface area (Å²) in [7, 11) is 0. The van der Waals surface area contributed by atoms with Crippen molar-refractivity contribution in [3.05, 3.63) is 0 Å². The van der Waals surface area contributed by atoms with E-state index in [1.807, 2.05) is 13.8 Å². The molecule has 0 heterocycles. The lowest BCUT2D eigenvalue weighted by atomic mass is 9.32. The highest BCUT2D eigenvalue weighted by molar-refractivity contribution is 5.76. The summed E-state index contributed by atoms with van der Waals surface area (Å²) in [5.74, 6) is 8.34. The maximum Gasteiger partial charge on any atom is 0.312 e. The first kappa shape index (κ1) is 16.6. The normalized spacial score (nSPS) is 49.7. The molecule has 2 nitrogen and oxygen atoms in total. The van der Waals surface area contributed by atoms with Crippen molar-refractivity contribution in [2.45, 2.75) is 78.7 Å². The summed E-state index contributed by atoms with van der Waals surface area (Å²) in [6.07, 6.45) is 8.24. The van der Waals surface area contributed by atoms with Crippen LogP contribution in [0.3, 0.4) is 0 Å². The smallest absolute Gasteiger partial charge is 0.312 e. The van der Waals surface area contributed by atoms with Gasteiger partial charge in [0.05, 0.1) is 5.41 Å². The molecule has 7 saturated carbocycles. The molecule has 0 aliphatic heterocycles. The minimum absolute atomic E-state index is 0.0156. The zero-order valence-corrected chi connectivity index (χ0v) is 16.8. The Hall–Kier alpha value is -0.530. The molecule has 2 heteroatoms. The van der Waals surface area contributed by atoms with E-state index in [4.69, 9.17) is 4.74 Å². The maximum absolute atomic E-state index is 12.8. The number of carbonyl (C=O) groups excluding carboxylic acids is 1. The summed E-state index contributed by atoms with van der Waals surface area (Å²) in [5.41, 5.74) is -0.662. The predicted octanol–water partition coefficient (Wildman–Crippen LogP) is 5.31. The van der Waals surface area contributed by atoms with Crippen molar-refractivity contribution in [2.75, 3.05) is 0 Å². The second-order valence-corrected chi connectivity index (χ2v) is 11.5. The van der Waals surface area contributed by atoms with Gasteiger partial charge in [-0.05, 0) is 114 Å². The van der Waals surface area contributed by atoms with Crippen LogP contribution in [0.5, 0.6) is 0 Å². The van der Waals surface area contributed by atoms with E-state index < -0.39 is 0 Å². The monoisotopic (exact) mass is 344 g/mol. The highest BCUT2D eigenvalue weighted by Gasteiger charge is 2.68. The molecule has 0 saturated heterocycles. The highest BCUT2D eigenvalue weighted by Crippen LogP contribution is 2.73. The molecule has 5 atom stereocenters. The summed E-state index contributed by atoms with van der Waals surface area (Å²) in [6.45, 7) is 10.6. The number of esters is 1. The molecule has 0 aromatic rings. The van der Waals surface area contributed by atoms with Crippen LogP contribution < -0.4 is 0 Å². The second-order valence-electron chi connectivity index (χ2n) is 11.5. The molecule has 8 bridgehead atoms. The van der Waals surface area contributed by atoms with E-state index >= 15 is 0 Å². The molecule has 7 fully saturated rings. The first-order valence-electron chi connectivity index (χ1n) is 11.0. The minimum atomic E-state index is -0.360. The van der Waals surface area contributed by atoms with E-state index in [-0.39, 0.29) is 17.0 Å². The van der Waals surface area contributed by atoms with Crippen LogP contribution >= 0.6 is 0 Å². The molecule has 0 aromatic carbocycles. The van der Waals surface area contributed by atoms with Crippen LogP contribution in [0.4, 0.5) is 0 Å². The fraction of sp³-hybridized carbons (Fsp3) is 0.957. The van der Waals surface area contributed by atoms with Crippen molar-refractivity contribution >= 4 is 5.97 Å². The average Bonchev–Trinajstić information content (AvgIpc) is 2.57. The Morgan fingerprint density at radius 2 is 1.40 bits per heavy atom. The van der Waals surface area contributed by atoms with E-state index in [9.17, 15) is 4.79 Å². The first-order valence-corrected chi connectivity index (χ1v) is 11.0. The van der Waals surface area contributed by atoms with Crippen LogP contribution in [0, 0.1) is 58.7 Å². The molecule has 7 rings (SSSR count). The van der Waals surface area contributed by atoms with E-state index in [1.165, 1.54) is 25.7 Å². The van der Waals surface area contributed by atoms with Crippen molar-refractivity contribution in [3.8, 4) is 0 Å². The van der Waals surface area contributed by atoms with Gasteiger partial charge in [0.2, 0.25) is 0 Å². The molecular weight excluding hydrogens is 308 g/mol. The molecule has 5 unspecified atom stereocenters. The minimum Gasteiger partial charge on any atom is -0.459 e. The molecule has 25 heavy (non-hydrogen) atoms. The van der Waals surface area contributed by atoms with Gasteiger partial charge in [0.25, 0.3) is 0 Å². The summed E-state index contributed by atoms with van der Waals surface area (Å²) >= 11 is 0. The quantitative estimate of drug-likeness (QED) is 0.646. The lowest BCUT2D eigenvalue weighted by Gasteiger charge is -2.73. The fourth-order valence-corrected chi connectivity index (χ4v) is 8.55. The van der Waals surface area contributed by atoms with Crippen molar-refractivity contribution in [1.82, 2.24) is 0 Å². The lowest BCUT2D eigenvalue weighted by molar-refractivity contribution is -0.263. The fourth-order valence-electron chi connectivity index (χ4n) is 8.55. The standard InChI is InChI=1S/C23H36O2/c1-6-22(2,3)21(24)25-23(4,5)20-13-10-15-14-7-12-8-17(15)19(20)18(9-12)16(14)11-13/h12-20H,6-11H2,1-5H3. The van der Waals surface area contributed by atoms with Gasteiger partial charge in [-0.3, -0.25) is 4.79 Å². The first-order chi connectivity index (χ1) is 11.7. The third-order valence-corrected chi connectivity index (χ3v) is 9.67. The third kappa shape index (κ3) is 2.12. The number of hydrogen-bond acceptors (Lipinski definition) is 2. The van der Waals surface area contributed by atoms with Gasteiger partial charge in [-0.25, -0.2) is 0 Å². The topological polar surface area (TPSA) is 26.3 Å². The Labute approximate surface area is 153 Å². The predicted molar refractivity (Wildman–Crippen MR) is 98.7 cm³/mol. The van der Waals surface area contributed by atoms with Crippen LogP contribution in [0.25, 0.3) is 0 Å². The molecule has 140 valence electrons. The second kappa shape index (κ2) is 5.04. The Kier molecular flexibility index (Phi) is 3.36. The van der Waals surface area contributed by atoms with Gasteiger partial charge in [0.1, 0.15) is 5.60 Å². The molecule has 7 aliphatic carbocycles. The molecule has 0 N–H and O–H groups in total. The molecular formula is C23H36O2. The zero-order valence-electron chi connectivity index (χ0n) is 16.8. The van der Waals surface area contributed by atoms with Crippen molar-refractivity contribution in [2.24, 2.45) is 58.7 Å². The molecule has 0 radical (unpaired) electrons. The largest absolute Gasteiger partial charge is 0.459 e. The van der Waals surface area contributed by atoms with Gasteiger partial charge in [0.15, 0.2) is 0 Å². The van der Waals surface area contributed by atoms with Gasteiger partial charge in [0, 0.05) is 5.92 Å². The Balaban J connectivity index is 1.44. The Bertz CT molecular complexity index is 567. The number of rotatable bonds is 4. The Morgan fingerprint density at radius 1 is 0.880 bits per heavy atom. The van der Waals surface area contributed by atoms with E-state index in [2.05, 4.69) is 20.8 Å². The molecule has 0 spiro atoms. The molecule has 0 aromatic heterocycles. The van der Waals surface area contributed by atoms with E-state index in [0.717, 1.165) is 53.8 Å². The van der Waals surface area contributed by atoms with Crippen LogP contribution in [-0.4, -0.2) is 11.6 Å². The van der Waals surface area contributed by atoms with Crippen molar-refractivity contribution in [3.63, 3.8) is 0 Å². The van der Waals surface area contributed by atoms with Gasteiger partial charge in [-0.2, -0.15) is 0 Å². The summed E-state index contributed by atoms with van der Waals surface area (Å²) in [6, 6.07) is 0. The zero-order chi connectivity index (χ0) is 17.7. The number of ether oxygens (including phenoxy) is 1. The maximum atomic E-state index is 12.8. The average molecular weight is 345 g/mol. The SMILES string of the molecule is CCC(C)(C)C(=O)OC(C)(C)C1C2CC3C4CC5CC3C1C(C5)C4C2. The molecule has 0 amide bonds. The summed E-state index contributed by atoms with van der Waals surface area (Å²) in [4.78, 5) is 12.8. The van der Waals surface area contributed by atoms with Crippen molar-refractivity contribution in [1.29, 1.82) is 0 Å². The van der Waals surface area contributed by atoms with Crippen molar-refractivity contribution < 1.29 is 9.53 Å². The van der Waals surface area contributed by atoms with E-state index in [1.54, 1.807) is 6.42 Å². The van der Waals surface area contributed by atoms with E-state index in [0.29, 0.717) is 5.92 Å². The summed E-state index contributed by atoms with van der Waals surface area (Å²) < 4.78 is 6.28. The third-order valence-electron chi connectivity index (χ3n) is 9.67.